The van der Waals surface area contributed by atoms with Gasteiger partial charge >= 0.3 is 103 Å². The molecule has 15 aliphatic carbocycles. The topological polar surface area (TPSA) is 223 Å². The van der Waals surface area contributed by atoms with E-state index in [0.29, 0.717) is 41.7 Å². The van der Waals surface area contributed by atoms with Gasteiger partial charge < -0.3 is 26.9 Å². The van der Waals surface area contributed by atoms with Crippen LogP contribution >= 0.6 is 15.9 Å². The van der Waals surface area contributed by atoms with Crippen molar-refractivity contribution in [3.05, 3.63) is 24.8 Å². The van der Waals surface area contributed by atoms with Crippen molar-refractivity contribution in [3.63, 3.8) is 0 Å². The molecule has 0 saturated heterocycles. The van der Waals surface area contributed by atoms with E-state index in [9.17, 15) is 29.7 Å². The fourth-order valence-electron chi connectivity index (χ4n) is 27.6. The Morgan fingerprint density at radius 2 is 0.800 bits per heavy atom. The standard InChI is InChI=1S/2C26H39N3O2.C24H37BrO2.CH2O3.2K.H/c1-25(31)9-7-18-17(14-25)5-6-20-19(18)8-10-26(2)22(13-21(24(20)26)16-3-4-16)23(30)15-29-12-11-27-28-29;1-25(31)9-7-18-17(14-25)5-6-20-19(18)8-10-26(2)22(13-21(24(20)26)16-3-4-16)23(30)15-29-27-11-12-28-29;1-23(27)9-7-16-15(12-23)5-6-18-17(16)8-10-24(2)20(21(26)13-25)11-19(22(18)24)14-3-4-14;2-1-4-3;;;/h2*11-12,16-22,24,31H,3-10,13-15H2,1-2H3;14-20,22,27H,3-13H2,1-2H3;1,3H;;;/q;;;;2*+1;-1/p-1/t2*17-,18+,19-,20-,21+,22-,24-,25-,26-;15-,16+,17-,18-,19+,20-,22-,23-,24-;;;;/m111..../s1. The zero-order valence-corrected chi connectivity index (χ0v) is 67.3. The Hall–Kier alpha value is 0.353. The Labute approximate surface area is 663 Å². The first-order valence-electron chi connectivity index (χ1n) is 38.2. The number of halogens is 1. The quantitative estimate of drug-likeness (QED) is 0.0632. The molecular formula is C77H117BrK2N6O9. The second-order valence-electron chi connectivity index (χ2n) is 36.7. The Balaban J connectivity index is 0.000000140. The summed E-state index contributed by atoms with van der Waals surface area (Å²) in [5.41, 5.74) is -0.732. The zero-order valence-electron chi connectivity index (χ0n) is 60.4. The van der Waals surface area contributed by atoms with E-state index < -0.39 is 16.8 Å². The molecule has 2 aromatic rings. The van der Waals surface area contributed by atoms with Gasteiger partial charge in [-0.15, -0.1) is 5.10 Å². The Morgan fingerprint density at radius 1 is 0.474 bits per heavy atom. The molecule has 3 N–H and O–H groups in total. The van der Waals surface area contributed by atoms with E-state index in [1.165, 1.54) is 141 Å². The number of hydrogen-bond acceptors (Lipinski definition) is 13. The largest absolute Gasteiger partial charge is 1.00 e. The molecule has 15 nitrogen and oxygen atoms in total. The summed E-state index contributed by atoms with van der Waals surface area (Å²) < 4.78 is 1.72. The van der Waals surface area contributed by atoms with Gasteiger partial charge in [-0.25, -0.2) is 4.68 Å². The molecule has 18 heteroatoms. The predicted octanol–water partition coefficient (Wildman–Crippen LogP) is 7.17. The number of carbonyl (C=O) groups is 4. The van der Waals surface area contributed by atoms with Crippen LogP contribution in [0.5, 0.6) is 0 Å². The number of fused-ring (bicyclic) bond motifs is 15. The summed E-state index contributed by atoms with van der Waals surface area (Å²) in [6.07, 6.45) is 43.8. The van der Waals surface area contributed by atoms with E-state index in [4.69, 9.17) is 10.1 Å². The summed E-state index contributed by atoms with van der Waals surface area (Å²) in [5, 5.41) is 57.3. The number of ketones is 3. The minimum Gasteiger partial charge on any atom is -1.00 e. The third-order valence-electron chi connectivity index (χ3n) is 31.5. The molecule has 15 saturated carbocycles. The van der Waals surface area contributed by atoms with Crippen LogP contribution in [0.15, 0.2) is 24.8 Å². The molecule has 0 aliphatic heterocycles. The first kappa shape index (κ1) is 75.0. The Kier molecular flexibility index (Phi) is 23.5. The van der Waals surface area contributed by atoms with Crippen LogP contribution < -0.4 is 108 Å². The molecule has 518 valence electrons. The van der Waals surface area contributed by atoms with Crippen molar-refractivity contribution in [2.45, 2.75) is 264 Å². The van der Waals surface area contributed by atoms with Crippen molar-refractivity contribution in [2.75, 3.05) is 5.33 Å². The van der Waals surface area contributed by atoms with Crippen LogP contribution in [0.2, 0.25) is 0 Å². The normalized spacial score (nSPS) is 47.9. The van der Waals surface area contributed by atoms with Crippen molar-refractivity contribution in [1.29, 1.82) is 0 Å². The third kappa shape index (κ3) is 14.9. The number of Topliss-reactive ketones (excluding diaryl/α,β-unsaturated/α-hetero) is 3. The van der Waals surface area contributed by atoms with Gasteiger partial charge in [-0.05, 0) is 354 Å². The molecular weight excluding hydrogens is 1310 g/mol. The van der Waals surface area contributed by atoms with Gasteiger partial charge in [0.05, 0.1) is 40.7 Å². The summed E-state index contributed by atoms with van der Waals surface area (Å²) in [6.45, 7) is 14.2. The maximum absolute atomic E-state index is 13.5. The minimum absolute atomic E-state index is 0. The van der Waals surface area contributed by atoms with Crippen LogP contribution in [0.4, 0.5) is 0 Å². The van der Waals surface area contributed by atoms with E-state index in [2.05, 4.69) is 82.9 Å². The number of carbonyl (C=O) groups excluding carboxylic acids is 4. The summed E-state index contributed by atoms with van der Waals surface area (Å²) in [7, 11) is 0. The molecule has 2 heterocycles. The minimum atomic E-state index is -0.445. The summed E-state index contributed by atoms with van der Waals surface area (Å²) in [5.74, 6) is 18.8. The van der Waals surface area contributed by atoms with Crippen LogP contribution in [0, 0.1) is 158 Å². The fourth-order valence-corrected chi connectivity index (χ4v) is 27.9. The summed E-state index contributed by atoms with van der Waals surface area (Å²) >= 11 is 3.49. The van der Waals surface area contributed by atoms with Gasteiger partial charge in [-0.2, -0.15) is 15.0 Å². The number of hydrogen-bond donors (Lipinski definition) is 3. The van der Waals surface area contributed by atoms with E-state index in [1.54, 1.807) is 28.1 Å². The molecule has 17 rings (SSSR count). The van der Waals surface area contributed by atoms with Gasteiger partial charge in [-0.3, -0.25) is 19.2 Å². The molecule has 2 aromatic heterocycles. The van der Waals surface area contributed by atoms with E-state index in [-0.39, 0.29) is 139 Å². The second-order valence-corrected chi connectivity index (χ2v) is 37.2. The number of alkyl halides is 1. The van der Waals surface area contributed by atoms with Crippen molar-refractivity contribution in [1.82, 2.24) is 30.0 Å². The number of aliphatic hydroxyl groups is 3. The third-order valence-corrected chi connectivity index (χ3v) is 32.0. The maximum Gasteiger partial charge on any atom is 1.00 e. The van der Waals surface area contributed by atoms with Crippen LogP contribution in [-0.4, -0.2) is 91.3 Å². The van der Waals surface area contributed by atoms with Gasteiger partial charge in [-0.1, -0.05) is 41.9 Å². The maximum atomic E-state index is 13.5. The van der Waals surface area contributed by atoms with Crippen molar-refractivity contribution in [3.8, 4) is 0 Å². The number of aromatic nitrogens is 6. The monoisotopic (exact) mass is 1430 g/mol. The van der Waals surface area contributed by atoms with Crippen molar-refractivity contribution >= 4 is 39.8 Å². The predicted molar refractivity (Wildman–Crippen MR) is 356 cm³/mol. The summed E-state index contributed by atoms with van der Waals surface area (Å²) in [4.78, 5) is 52.7. The molecule has 0 bridgehead atoms. The van der Waals surface area contributed by atoms with Crippen molar-refractivity contribution in [2.24, 2.45) is 158 Å². The molecule has 95 heavy (non-hydrogen) atoms. The average molecular weight is 1430 g/mol. The van der Waals surface area contributed by atoms with E-state index in [1.807, 2.05) is 6.20 Å². The second kappa shape index (κ2) is 29.7. The Morgan fingerprint density at radius 3 is 1.12 bits per heavy atom. The van der Waals surface area contributed by atoms with Crippen LogP contribution in [0.25, 0.3) is 0 Å². The molecule has 0 aromatic carbocycles. The molecule has 15 fully saturated rings. The fraction of sp³-hybridized carbons (Fsp3) is 0.896. The molecule has 0 spiro atoms. The van der Waals surface area contributed by atoms with Gasteiger partial charge in [0.2, 0.25) is 0 Å². The van der Waals surface area contributed by atoms with Crippen molar-refractivity contribution < 1.29 is 149 Å². The van der Waals surface area contributed by atoms with E-state index in [0.717, 1.165) is 176 Å². The SMILES string of the molecule is C[C@@]1(O)CC[C@H]2[C@H](CC[C@@H]3[C@@H]2CC[C@@]2(C)[C@H]3[C@H](C3CC3)C[C@@H]2C(=O)CBr)C1.C[C@@]1(O)CC[C@H]2[C@H](CC[C@@H]3[C@@H]2CC[C@@]2(C)[C@H]3[C@H](C3CC3)C[C@@H]2C(=O)Cn2ccnn2)C1.C[C@@]1(O)CC[C@H]2[C@H](CC[C@@H]3[C@@H]2CC[C@@]2(C)[C@H]3[C@H](C3CC3)C[C@@H]2C(=O)Cn2nccn2)C1.O=CO[O-].[H-].[K+].[K+]. The van der Waals surface area contributed by atoms with Gasteiger partial charge in [0.25, 0.3) is 6.47 Å². The Bertz CT molecular complexity index is 2850. The molecule has 27 atom stereocenters. The molecule has 0 amide bonds. The smallest absolute Gasteiger partial charge is 1.00 e. The molecule has 0 unspecified atom stereocenters. The average Bonchev–Trinajstić information content (AvgIpc) is 1.45. The first-order valence-corrected chi connectivity index (χ1v) is 39.3. The molecule has 0 radical (unpaired) electrons. The molecule has 15 aliphatic rings. The van der Waals surface area contributed by atoms with E-state index >= 15 is 0 Å². The van der Waals surface area contributed by atoms with Crippen LogP contribution in [-0.2, 0) is 37.2 Å². The first-order chi connectivity index (χ1) is 44.5. The zero-order chi connectivity index (χ0) is 65.1. The summed E-state index contributed by atoms with van der Waals surface area (Å²) in [6, 6.07) is 0. The van der Waals surface area contributed by atoms with Crippen LogP contribution in [0.3, 0.4) is 0 Å². The van der Waals surface area contributed by atoms with Gasteiger partial charge in [0, 0.05) is 24.0 Å². The van der Waals surface area contributed by atoms with Gasteiger partial charge in [0.15, 0.2) is 11.6 Å². The van der Waals surface area contributed by atoms with Gasteiger partial charge in [0.1, 0.15) is 18.9 Å². The van der Waals surface area contributed by atoms with Crippen LogP contribution in [0.1, 0.15) is 236 Å². The number of nitrogens with zero attached hydrogens (tertiary/aromatic N) is 6. The number of rotatable bonds is 12.